The summed E-state index contributed by atoms with van der Waals surface area (Å²) in [7, 11) is 1.61. The zero-order valence-electron chi connectivity index (χ0n) is 10.1. The number of carbonyl (C=O) groups is 1. The van der Waals surface area contributed by atoms with Crippen molar-refractivity contribution in [1.82, 2.24) is 5.48 Å². The van der Waals surface area contributed by atoms with Gasteiger partial charge in [0.2, 0.25) is 0 Å². The molecule has 0 heterocycles. The molecule has 0 aromatic heterocycles. The maximum absolute atomic E-state index is 10.6. The summed E-state index contributed by atoms with van der Waals surface area (Å²) in [6, 6.07) is 7.00. The highest BCUT2D eigenvalue weighted by atomic mass is 32.1. The van der Waals surface area contributed by atoms with Gasteiger partial charge in [0.1, 0.15) is 6.29 Å². The van der Waals surface area contributed by atoms with Crippen molar-refractivity contribution in [2.75, 3.05) is 7.05 Å². The highest BCUT2D eigenvalue weighted by Gasteiger charge is 2.02. The van der Waals surface area contributed by atoms with Crippen LogP contribution in [0.3, 0.4) is 0 Å². The minimum Gasteiger partial charge on any atom is -0.377 e. The molecular formula is C12H16N2O2S. The van der Waals surface area contributed by atoms with E-state index >= 15 is 0 Å². The molecule has 1 aromatic carbocycles. The number of aldehydes is 1. The van der Waals surface area contributed by atoms with Crippen molar-refractivity contribution >= 4 is 29.9 Å². The fourth-order valence-corrected chi connectivity index (χ4v) is 1.12. The van der Waals surface area contributed by atoms with Gasteiger partial charge < -0.3 is 4.84 Å². The molecule has 0 atom stereocenters. The molecule has 17 heavy (non-hydrogen) atoms. The van der Waals surface area contributed by atoms with E-state index in [1.807, 2.05) is 19.9 Å². The van der Waals surface area contributed by atoms with Crippen molar-refractivity contribution in [2.24, 2.45) is 4.99 Å². The third kappa shape index (κ3) is 5.21. The molecule has 0 radical (unpaired) electrons. The molecule has 0 fully saturated rings. The third-order valence-corrected chi connectivity index (χ3v) is 1.82. The molecule has 0 aliphatic carbocycles. The Bertz CT molecular complexity index is 392. The normalized spacial score (nSPS) is 9.71. The molecule has 0 unspecified atom stereocenters. The number of carbonyl (C=O) groups excluding carboxylic acids is 1. The lowest BCUT2D eigenvalue weighted by Crippen LogP contribution is -2.24. The molecule has 0 spiro atoms. The van der Waals surface area contributed by atoms with E-state index in [1.165, 1.54) is 0 Å². The van der Waals surface area contributed by atoms with E-state index in [1.54, 1.807) is 25.2 Å². The second-order valence-electron chi connectivity index (χ2n) is 2.63. The van der Waals surface area contributed by atoms with Crippen LogP contribution in [0.25, 0.3) is 0 Å². The molecule has 0 bridgehead atoms. The molecule has 4 nitrogen and oxygen atoms in total. The van der Waals surface area contributed by atoms with Crippen molar-refractivity contribution in [3.8, 4) is 0 Å². The van der Waals surface area contributed by atoms with Gasteiger partial charge in [0.05, 0.1) is 0 Å². The molecule has 0 saturated heterocycles. The first kappa shape index (κ1) is 15.2. The second-order valence-corrected chi connectivity index (χ2v) is 2.82. The number of amidine groups is 1. The van der Waals surface area contributed by atoms with Gasteiger partial charge in [0, 0.05) is 18.2 Å². The monoisotopic (exact) mass is 252 g/mol. The molecule has 1 aromatic rings. The lowest BCUT2D eigenvalue weighted by molar-refractivity contribution is 0.112. The fourth-order valence-electron chi connectivity index (χ4n) is 1.07. The molecule has 1 rings (SSSR count). The Morgan fingerprint density at radius 3 is 2.71 bits per heavy atom. The number of rotatable bonds is 4. The van der Waals surface area contributed by atoms with Gasteiger partial charge in [-0.3, -0.25) is 9.79 Å². The van der Waals surface area contributed by atoms with Gasteiger partial charge in [-0.2, -0.15) is 0 Å². The Hall–Kier alpha value is -1.75. The van der Waals surface area contributed by atoms with Crippen LogP contribution in [0.2, 0.25) is 0 Å². The predicted molar refractivity (Wildman–Crippen MR) is 73.5 cm³/mol. The van der Waals surface area contributed by atoms with Crippen LogP contribution in [-0.4, -0.2) is 24.7 Å². The highest BCUT2D eigenvalue weighted by molar-refractivity contribution is 7.78. The van der Waals surface area contributed by atoms with Gasteiger partial charge in [-0.25, -0.2) is 5.48 Å². The maximum Gasteiger partial charge on any atom is 0.182 e. The third-order valence-electron chi connectivity index (χ3n) is 1.72. The maximum atomic E-state index is 10.6. The summed E-state index contributed by atoms with van der Waals surface area (Å²) in [6.07, 6.45) is 0.775. The number of hydroxylamine groups is 1. The summed E-state index contributed by atoms with van der Waals surface area (Å²) >= 11 is 4.50. The van der Waals surface area contributed by atoms with Gasteiger partial charge >= 0.3 is 0 Å². The van der Waals surface area contributed by atoms with Gasteiger partial charge in [0.15, 0.2) is 11.4 Å². The highest BCUT2D eigenvalue weighted by Crippen LogP contribution is 2.03. The summed E-state index contributed by atoms with van der Waals surface area (Å²) in [5, 5.41) is 0. The van der Waals surface area contributed by atoms with Crippen LogP contribution in [0, 0.1) is 0 Å². The molecular weight excluding hydrogens is 236 g/mol. The van der Waals surface area contributed by atoms with Crippen molar-refractivity contribution in [3.63, 3.8) is 0 Å². The van der Waals surface area contributed by atoms with Gasteiger partial charge in [-0.05, 0) is 18.3 Å². The first-order valence-corrected chi connectivity index (χ1v) is 5.66. The number of benzene rings is 1. The van der Waals surface area contributed by atoms with Crippen LogP contribution >= 0.6 is 12.2 Å². The summed E-state index contributed by atoms with van der Waals surface area (Å²) in [4.78, 5) is 19.3. The molecule has 1 N–H and O–H groups in total. The molecule has 0 aliphatic heterocycles. The summed E-state index contributed by atoms with van der Waals surface area (Å²) in [6.45, 7) is 4.00. The van der Waals surface area contributed by atoms with E-state index in [4.69, 9.17) is 4.84 Å². The van der Waals surface area contributed by atoms with E-state index in [2.05, 4.69) is 22.7 Å². The number of hydrogen-bond donors (Lipinski definition) is 1. The minimum atomic E-state index is 0.514. The Morgan fingerprint density at radius 2 is 2.18 bits per heavy atom. The molecule has 5 heteroatoms. The van der Waals surface area contributed by atoms with Gasteiger partial charge in [-0.1, -0.05) is 32.0 Å². The zero-order valence-corrected chi connectivity index (χ0v) is 11.0. The Kier molecular flexibility index (Phi) is 8.50. The fraction of sp³-hybridized carbons (Fsp3) is 0.250. The Labute approximate surface area is 107 Å². The number of aliphatic imine (C=N–C) groups is 1. The predicted octanol–water partition coefficient (Wildman–Crippen LogP) is 2.38. The SMILES string of the molecule is CC.CN=C(NOC=S)c1cccc(C=O)c1. The van der Waals surface area contributed by atoms with E-state index in [0.29, 0.717) is 11.4 Å². The van der Waals surface area contributed by atoms with E-state index in [9.17, 15) is 4.79 Å². The average Bonchev–Trinajstić information content (AvgIpc) is 2.42. The second kappa shape index (κ2) is 9.47. The molecule has 0 aliphatic rings. The number of nitrogens with zero attached hydrogens (tertiary/aromatic N) is 1. The Morgan fingerprint density at radius 1 is 1.47 bits per heavy atom. The minimum absolute atomic E-state index is 0.514. The number of nitrogens with one attached hydrogen (secondary N) is 1. The van der Waals surface area contributed by atoms with E-state index in [-0.39, 0.29) is 0 Å². The quantitative estimate of drug-likeness (QED) is 0.294. The zero-order chi connectivity index (χ0) is 13.1. The van der Waals surface area contributed by atoms with Crippen LogP contribution in [0.4, 0.5) is 0 Å². The molecule has 0 amide bonds. The van der Waals surface area contributed by atoms with Crippen LogP contribution in [0.15, 0.2) is 29.3 Å². The van der Waals surface area contributed by atoms with Gasteiger partial charge in [0.25, 0.3) is 0 Å². The van der Waals surface area contributed by atoms with Crippen molar-refractivity contribution in [3.05, 3.63) is 35.4 Å². The van der Waals surface area contributed by atoms with E-state index in [0.717, 1.165) is 17.4 Å². The average molecular weight is 252 g/mol. The van der Waals surface area contributed by atoms with Crippen LogP contribution in [-0.2, 0) is 4.84 Å². The topological polar surface area (TPSA) is 50.7 Å². The van der Waals surface area contributed by atoms with E-state index < -0.39 is 0 Å². The van der Waals surface area contributed by atoms with Crippen LogP contribution in [0.5, 0.6) is 0 Å². The first-order valence-electron chi connectivity index (χ1n) is 5.19. The van der Waals surface area contributed by atoms with Crippen molar-refractivity contribution in [2.45, 2.75) is 13.8 Å². The number of thiocarbonyl (C=S) groups is 1. The summed E-state index contributed by atoms with van der Waals surface area (Å²) in [5.41, 5.74) is 5.00. The molecule has 0 saturated carbocycles. The first-order chi connectivity index (χ1) is 8.31. The molecule has 92 valence electrons. The summed E-state index contributed by atoms with van der Waals surface area (Å²) < 4.78 is 0. The van der Waals surface area contributed by atoms with Crippen LogP contribution < -0.4 is 5.48 Å². The standard InChI is InChI=1S/C10H10N2O2S.C2H6/c1-11-10(12-14-7-15)9-4-2-3-8(5-9)6-13;1-2/h2-7H,1H3,(H,11,12);1-2H3. The van der Waals surface area contributed by atoms with Crippen molar-refractivity contribution in [1.29, 1.82) is 0 Å². The van der Waals surface area contributed by atoms with Crippen LogP contribution in [0.1, 0.15) is 29.8 Å². The van der Waals surface area contributed by atoms with Crippen molar-refractivity contribution < 1.29 is 9.63 Å². The smallest absolute Gasteiger partial charge is 0.182 e. The Balaban J connectivity index is 0.00000121. The number of hydrogen-bond acceptors (Lipinski definition) is 4. The van der Waals surface area contributed by atoms with Gasteiger partial charge in [-0.15, -0.1) is 0 Å². The summed E-state index contributed by atoms with van der Waals surface area (Å²) in [5.74, 6) is 0.514. The largest absolute Gasteiger partial charge is 0.377 e. The lowest BCUT2D eigenvalue weighted by Gasteiger charge is -2.07. The lowest BCUT2D eigenvalue weighted by atomic mass is 10.1.